The molecule has 2 N–H and O–H groups in total. The number of nitrogens with one attached hydrogen (secondary N) is 2. The zero-order chi connectivity index (χ0) is 18.0. The first-order chi connectivity index (χ1) is 11.9. The van der Waals surface area contributed by atoms with Crippen molar-refractivity contribution < 1.29 is 14.0 Å². The maximum Gasteiger partial charge on any atom is 0.255 e. The van der Waals surface area contributed by atoms with E-state index in [1.165, 1.54) is 0 Å². The van der Waals surface area contributed by atoms with Crippen molar-refractivity contribution >= 4 is 11.8 Å². The number of furan rings is 1. The highest BCUT2D eigenvalue weighted by Crippen LogP contribution is 2.31. The monoisotopic (exact) mass is 344 g/mol. The summed E-state index contributed by atoms with van der Waals surface area (Å²) in [6.07, 6.45) is 4.68. The molecule has 0 atom stereocenters. The van der Waals surface area contributed by atoms with Gasteiger partial charge in [-0.1, -0.05) is 12.8 Å². The number of carbonyl (C=O) groups is 2. The van der Waals surface area contributed by atoms with Crippen LogP contribution in [0.3, 0.4) is 0 Å². The van der Waals surface area contributed by atoms with E-state index >= 15 is 0 Å². The van der Waals surface area contributed by atoms with Crippen LogP contribution in [0, 0.1) is 13.8 Å². The summed E-state index contributed by atoms with van der Waals surface area (Å²) in [5.74, 6) is 0.291. The van der Waals surface area contributed by atoms with Gasteiger partial charge in [-0.15, -0.1) is 0 Å². The third-order valence-electron chi connectivity index (χ3n) is 4.98. The second-order valence-electron chi connectivity index (χ2n) is 6.67. The lowest BCUT2D eigenvalue weighted by Crippen LogP contribution is -2.57. The number of aromatic nitrogens is 2. The molecule has 0 saturated heterocycles. The predicted octanol–water partition coefficient (Wildman–Crippen LogP) is 1.99. The summed E-state index contributed by atoms with van der Waals surface area (Å²) in [6.45, 7) is 3.97. The van der Waals surface area contributed by atoms with E-state index in [1.807, 2.05) is 13.0 Å². The van der Waals surface area contributed by atoms with Gasteiger partial charge in [-0.05, 0) is 38.8 Å². The van der Waals surface area contributed by atoms with Gasteiger partial charge in [0.15, 0.2) is 0 Å². The van der Waals surface area contributed by atoms with Gasteiger partial charge in [-0.2, -0.15) is 5.10 Å². The minimum atomic E-state index is -0.863. The van der Waals surface area contributed by atoms with Crippen molar-refractivity contribution in [1.82, 2.24) is 20.4 Å². The SMILES string of the molecule is Cc1nn(C)c(C)c1C(=O)NC1(C(=O)NCc2ccco2)CCCC1. The fraction of sp³-hybridized carbons (Fsp3) is 0.500. The lowest BCUT2D eigenvalue weighted by atomic mass is 9.95. The molecule has 1 aliphatic rings. The molecule has 1 aliphatic carbocycles. The lowest BCUT2D eigenvalue weighted by Gasteiger charge is -2.29. The van der Waals surface area contributed by atoms with Crippen LogP contribution < -0.4 is 10.6 Å². The van der Waals surface area contributed by atoms with Crippen LogP contribution >= 0.6 is 0 Å². The summed E-state index contributed by atoms with van der Waals surface area (Å²) in [7, 11) is 1.81. The minimum Gasteiger partial charge on any atom is -0.467 e. The predicted molar refractivity (Wildman–Crippen MR) is 91.9 cm³/mol. The summed E-state index contributed by atoms with van der Waals surface area (Å²) in [4.78, 5) is 25.7. The summed E-state index contributed by atoms with van der Waals surface area (Å²) < 4.78 is 6.93. The van der Waals surface area contributed by atoms with Crippen LogP contribution in [0.2, 0.25) is 0 Å². The Bertz CT molecular complexity index is 771. The molecule has 1 fully saturated rings. The summed E-state index contributed by atoms with van der Waals surface area (Å²) in [5.41, 5.74) is 1.15. The molecule has 2 heterocycles. The number of hydrogen-bond donors (Lipinski definition) is 2. The van der Waals surface area contributed by atoms with Gasteiger partial charge >= 0.3 is 0 Å². The van der Waals surface area contributed by atoms with Crippen LogP contribution in [0.25, 0.3) is 0 Å². The van der Waals surface area contributed by atoms with Crippen LogP contribution in [0.15, 0.2) is 22.8 Å². The van der Waals surface area contributed by atoms with Crippen molar-refractivity contribution in [1.29, 1.82) is 0 Å². The first kappa shape index (κ1) is 17.3. The van der Waals surface area contributed by atoms with Gasteiger partial charge in [-0.3, -0.25) is 14.3 Å². The van der Waals surface area contributed by atoms with Gasteiger partial charge in [0.05, 0.1) is 24.1 Å². The van der Waals surface area contributed by atoms with Gasteiger partial charge in [0.25, 0.3) is 5.91 Å². The van der Waals surface area contributed by atoms with Crippen LogP contribution in [-0.4, -0.2) is 27.1 Å². The van der Waals surface area contributed by atoms with Crippen molar-refractivity contribution in [3.63, 3.8) is 0 Å². The van der Waals surface area contributed by atoms with Crippen molar-refractivity contribution in [3.05, 3.63) is 41.1 Å². The molecule has 0 unspecified atom stereocenters. The Kier molecular flexibility index (Phi) is 4.65. The molecule has 25 heavy (non-hydrogen) atoms. The molecule has 2 amide bonds. The van der Waals surface area contributed by atoms with E-state index in [0.717, 1.165) is 18.5 Å². The second-order valence-corrected chi connectivity index (χ2v) is 6.67. The molecular weight excluding hydrogens is 320 g/mol. The van der Waals surface area contributed by atoms with Crippen LogP contribution in [0.4, 0.5) is 0 Å². The normalized spacial score (nSPS) is 16.0. The highest BCUT2D eigenvalue weighted by atomic mass is 16.3. The molecule has 0 spiro atoms. The lowest BCUT2D eigenvalue weighted by molar-refractivity contribution is -0.127. The quantitative estimate of drug-likeness (QED) is 0.868. The van der Waals surface area contributed by atoms with Gasteiger partial charge in [0, 0.05) is 12.7 Å². The van der Waals surface area contributed by atoms with Gasteiger partial charge < -0.3 is 15.1 Å². The molecule has 3 rings (SSSR count). The van der Waals surface area contributed by atoms with Crippen molar-refractivity contribution in [2.75, 3.05) is 0 Å². The van der Waals surface area contributed by atoms with Gasteiger partial charge in [0.2, 0.25) is 5.91 Å². The minimum absolute atomic E-state index is 0.158. The van der Waals surface area contributed by atoms with E-state index in [9.17, 15) is 9.59 Å². The van der Waals surface area contributed by atoms with E-state index in [4.69, 9.17) is 4.42 Å². The first-order valence-corrected chi connectivity index (χ1v) is 8.56. The molecule has 134 valence electrons. The Balaban J connectivity index is 1.75. The Morgan fingerprint density at radius 2 is 2.04 bits per heavy atom. The van der Waals surface area contributed by atoms with Crippen molar-refractivity contribution in [2.45, 2.75) is 51.6 Å². The van der Waals surface area contributed by atoms with E-state index in [0.29, 0.717) is 36.4 Å². The third kappa shape index (κ3) is 3.31. The van der Waals surface area contributed by atoms with E-state index < -0.39 is 5.54 Å². The van der Waals surface area contributed by atoms with Crippen molar-refractivity contribution in [2.24, 2.45) is 7.05 Å². The molecule has 1 saturated carbocycles. The van der Waals surface area contributed by atoms with E-state index in [1.54, 1.807) is 31.0 Å². The van der Waals surface area contributed by atoms with Crippen LogP contribution in [0.1, 0.15) is 53.2 Å². The Hall–Kier alpha value is -2.57. The van der Waals surface area contributed by atoms with E-state index in [2.05, 4.69) is 15.7 Å². The third-order valence-corrected chi connectivity index (χ3v) is 4.98. The van der Waals surface area contributed by atoms with Crippen LogP contribution in [0.5, 0.6) is 0 Å². The highest BCUT2D eigenvalue weighted by Gasteiger charge is 2.43. The molecular formula is C18H24N4O3. The van der Waals surface area contributed by atoms with Crippen LogP contribution in [-0.2, 0) is 18.4 Å². The van der Waals surface area contributed by atoms with Gasteiger partial charge in [0.1, 0.15) is 11.3 Å². The van der Waals surface area contributed by atoms with E-state index in [-0.39, 0.29) is 11.8 Å². The molecule has 7 nitrogen and oxygen atoms in total. The molecule has 2 aromatic rings. The highest BCUT2D eigenvalue weighted by molar-refractivity contribution is 6.00. The summed E-state index contributed by atoms with van der Waals surface area (Å²) in [5, 5.41) is 10.2. The number of hydrogen-bond acceptors (Lipinski definition) is 4. The molecule has 0 bridgehead atoms. The molecule has 7 heteroatoms. The van der Waals surface area contributed by atoms with Gasteiger partial charge in [-0.25, -0.2) is 0 Å². The Morgan fingerprint density at radius 3 is 2.60 bits per heavy atom. The molecule has 0 radical (unpaired) electrons. The maximum absolute atomic E-state index is 12.8. The Morgan fingerprint density at radius 1 is 1.32 bits per heavy atom. The average Bonchev–Trinajstić information content (AvgIpc) is 3.28. The number of amides is 2. The molecule has 2 aromatic heterocycles. The summed E-state index contributed by atoms with van der Waals surface area (Å²) >= 11 is 0. The molecule has 0 aromatic carbocycles. The fourth-order valence-corrected chi connectivity index (χ4v) is 3.52. The number of nitrogens with zero attached hydrogens (tertiary/aromatic N) is 2. The topological polar surface area (TPSA) is 89.2 Å². The zero-order valence-electron chi connectivity index (χ0n) is 14.9. The fourth-order valence-electron chi connectivity index (χ4n) is 3.52. The second kappa shape index (κ2) is 6.74. The zero-order valence-corrected chi connectivity index (χ0v) is 14.9. The molecule has 0 aliphatic heterocycles. The number of carbonyl (C=O) groups excluding carboxylic acids is 2. The number of rotatable bonds is 5. The largest absolute Gasteiger partial charge is 0.467 e. The van der Waals surface area contributed by atoms with Crippen molar-refractivity contribution in [3.8, 4) is 0 Å². The average molecular weight is 344 g/mol. The smallest absolute Gasteiger partial charge is 0.255 e. The first-order valence-electron chi connectivity index (χ1n) is 8.56. The standard InChI is InChI=1S/C18H24N4O3/c1-12-15(13(2)22(3)21-12)16(23)20-18(8-4-5-9-18)17(24)19-11-14-7-6-10-25-14/h6-7,10H,4-5,8-9,11H2,1-3H3,(H,19,24)(H,20,23). The maximum atomic E-state index is 12.8. The Labute approximate surface area is 146 Å². The number of aryl methyl sites for hydroxylation is 2. The summed E-state index contributed by atoms with van der Waals surface area (Å²) in [6, 6.07) is 3.59.